The van der Waals surface area contributed by atoms with E-state index in [1.54, 1.807) is 7.11 Å². The van der Waals surface area contributed by atoms with Gasteiger partial charge in [-0.3, -0.25) is 0 Å². The highest BCUT2D eigenvalue weighted by atomic mass is 19.4. The molecule has 154 valence electrons. The van der Waals surface area contributed by atoms with Crippen LogP contribution in [-0.2, 0) is 11.3 Å². The molecule has 0 saturated carbocycles. The van der Waals surface area contributed by atoms with Crippen LogP contribution in [0.4, 0.5) is 13.2 Å². The third-order valence-corrected chi connectivity index (χ3v) is 4.00. The molecule has 2 N–H and O–H groups in total. The molecule has 0 aliphatic heterocycles. The first kappa shape index (κ1) is 20.4. The van der Waals surface area contributed by atoms with E-state index in [4.69, 9.17) is 4.74 Å². The monoisotopic (exact) mass is 410 g/mol. The van der Waals surface area contributed by atoms with Crippen LogP contribution < -0.4 is 4.74 Å². The normalized spacial score (nSPS) is 11.6. The molecular formula is C18H17F3N4O4. The standard InChI is InChI=1S/C18H17F3N4O4/c1-28-8-2-7-25-17(22-23-24-25)14-9-13(15(26)10-16(14)27)11-3-5-12(6-4-11)29-18(19,20)21/h3-6,9-10,26-27H,2,7-8H2,1H3. The molecule has 0 atom stereocenters. The van der Waals surface area contributed by atoms with E-state index >= 15 is 0 Å². The number of phenolic OH excluding ortho intramolecular Hbond substituents is 2. The molecule has 1 heterocycles. The van der Waals surface area contributed by atoms with Crippen molar-refractivity contribution in [1.29, 1.82) is 0 Å². The Labute approximate surface area is 163 Å². The Kier molecular flexibility index (Phi) is 5.87. The van der Waals surface area contributed by atoms with Gasteiger partial charge in [-0.2, -0.15) is 0 Å². The zero-order chi connectivity index (χ0) is 21.0. The first-order valence-corrected chi connectivity index (χ1v) is 8.46. The van der Waals surface area contributed by atoms with E-state index in [9.17, 15) is 23.4 Å². The Hall–Kier alpha value is -3.34. The smallest absolute Gasteiger partial charge is 0.507 e. The number of tetrazole rings is 1. The van der Waals surface area contributed by atoms with E-state index in [-0.39, 0.29) is 34.2 Å². The number of halogens is 3. The van der Waals surface area contributed by atoms with Crippen LogP contribution in [0.15, 0.2) is 36.4 Å². The van der Waals surface area contributed by atoms with Crippen LogP contribution in [0.5, 0.6) is 17.2 Å². The van der Waals surface area contributed by atoms with Crippen LogP contribution in [0.3, 0.4) is 0 Å². The second-order valence-corrected chi connectivity index (χ2v) is 6.03. The molecule has 0 fully saturated rings. The SMILES string of the molecule is COCCCn1nnnc1-c1cc(-c2ccc(OC(F)(F)F)cc2)c(O)cc1O. The summed E-state index contributed by atoms with van der Waals surface area (Å²) >= 11 is 0. The molecule has 0 saturated heterocycles. The Morgan fingerprint density at radius 3 is 2.38 bits per heavy atom. The third-order valence-electron chi connectivity index (χ3n) is 4.00. The predicted molar refractivity (Wildman–Crippen MR) is 95.2 cm³/mol. The van der Waals surface area contributed by atoms with E-state index in [1.807, 2.05) is 0 Å². The Morgan fingerprint density at radius 2 is 1.72 bits per heavy atom. The maximum Gasteiger partial charge on any atom is 0.573 e. The van der Waals surface area contributed by atoms with Gasteiger partial charge in [0.15, 0.2) is 5.82 Å². The molecule has 0 spiro atoms. The molecule has 3 rings (SSSR count). The van der Waals surface area contributed by atoms with Crippen LogP contribution in [0.1, 0.15) is 6.42 Å². The number of methoxy groups -OCH3 is 1. The topological polar surface area (TPSA) is 103 Å². The number of hydrogen-bond donors (Lipinski definition) is 2. The number of hydrogen-bond acceptors (Lipinski definition) is 7. The van der Waals surface area contributed by atoms with Gasteiger partial charge < -0.3 is 19.7 Å². The van der Waals surface area contributed by atoms with Crippen molar-refractivity contribution >= 4 is 0 Å². The Morgan fingerprint density at radius 1 is 1.03 bits per heavy atom. The first-order valence-electron chi connectivity index (χ1n) is 8.46. The number of alkyl halides is 3. The minimum absolute atomic E-state index is 0.244. The summed E-state index contributed by atoms with van der Waals surface area (Å²) in [5.74, 6) is -0.612. The van der Waals surface area contributed by atoms with Gasteiger partial charge in [-0.25, -0.2) is 4.68 Å². The van der Waals surface area contributed by atoms with Gasteiger partial charge in [-0.05, 0) is 40.6 Å². The molecule has 0 amide bonds. The summed E-state index contributed by atoms with van der Waals surface area (Å²) in [5, 5.41) is 31.9. The van der Waals surface area contributed by atoms with Crippen molar-refractivity contribution in [2.75, 3.05) is 13.7 Å². The van der Waals surface area contributed by atoms with Crippen molar-refractivity contribution in [3.05, 3.63) is 36.4 Å². The minimum Gasteiger partial charge on any atom is -0.507 e. The van der Waals surface area contributed by atoms with Gasteiger partial charge in [0, 0.05) is 31.9 Å². The minimum atomic E-state index is -4.80. The number of rotatable bonds is 7. The maximum atomic E-state index is 12.3. The molecule has 0 bridgehead atoms. The molecule has 3 aromatic rings. The fourth-order valence-corrected chi connectivity index (χ4v) is 2.73. The number of aromatic hydroxyl groups is 2. The van der Waals surface area contributed by atoms with Crippen LogP contribution in [-0.4, -0.2) is 50.5 Å². The van der Waals surface area contributed by atoms with Gasteiger partial charge in [0.1, 0.15) is 17.2 Å². The van der Waals surface area contributed by atoms with Gasteiger partial charge >= 0.3 is 6.36 Å². The zero-order valence-corrected chi connectivity index (χ0v) is 15.2. The molecule has 0 radical (unpaired) electrons. The second kappa shape index (κ2) is 8.35. The van der Waals surface area contributed by atoms with Crippen molar-refractivity contribution in [2.45, 2.75) is 19.3 Å². The van der Waals surface area contributed by atoms with Crippen molar-refractivity contribution in [3.8, 4) is 39.8 Å². The number of phenols is 2. The predicted octanol–water partition coefficient (Wildman–Crippen LogP) is 3.35. The highest BCUT2D eigenvalue weighted by molar-refractivity contribution is 5.79. The molecule has 8 nitrogen and oxygen atoms in total. The highest BCUT2D eigenvalue weighted by Crippen LogP contribution is 2.39. The van der Waals surface area contributed by atoms with Crippen molar-refractivity contribution in [2.24, 2.45) is 0 Å². The van der Waals surface area contributed by atoms with Crippen LogP contribution >= 0.6 is 0 Å². The molecule has 0 aliphatic carbocycles. The molecule has 0 aliphatic rings. The quantitative estimate of drug-likeness (QED) is 0.576. The third kappa shape index (κ3) is 4.93. The van der Waals surface area contributed by atoms with Gasteiger partial charge in [0.2, 0.25) is 0 Å². The van der Waals surface area contributed by atoms with E-state index < -0.39 is 6.36 Å². The first-order chi connectivity index (χ1) is 13.8. The van der Waals surface area contributed by atoms with Gasteiger partial charge in [0.25, 0.3) is 0 Å². The average Bonchev–Trinajstić information content (AvgIpc) is 3.10. The average molecular weight is 410 g/mol. The van der Waals surface area contributed by atoms with E-state index in [1.165, 1.54) is 22.9 Å². The zero-order valence-electron chi connectivity index (χ0n) is 15.2. The Balaban J connectivity index is 1.94. The fourth-order valence-electron chi connectivity index (χ4n) is 2.73. The lowest BCUT2D eigenvalue weighted by atomic mass is 10.0. The molecule has 29 heavy (non-hydrogen) atoms. The van der Waals surface area contributed by atoms with Crippen molar-refractivity contribution in [3.63, 3.8) is 0 Å². The maximum absolute atomic E-state index is 12.3. The summed E-state index contributed by atoms with van der Waals surface area (Å²) in [6, 6.07) is 7.56. The van der Waals surface area contributed by atoms with Crippen LogP contribution in [0.2, 0.25) is 0 Å². The molecule has 2 aromatic carbocycles. The molecular weight excluding hydrogens is 393 g/mol. The van der Waals surface area contributed by atoms with Crippen molar-refractivity contribution < 1.29 is 32.9 Å². The lowest BCUT2D eigenvalue weighted by Crippen LogP contribution is -2.16. The number of aryl methyl sites for hydroxylation is 1. The highest BCUT2D eigenvalue weighted by Gasteiger charge is 2.31. The van der Waals surface area contributed by atoms with Gasteiger partial charge in [0.05, 0.1) is 5.56 Å². The summed E-state index contributed by atoms with van der Waals surface area (Å²) < 4.78 is 47.3. The van der Waals surface area contributed by atoms with Gasteiger partial charge in [-0.15, -0.1) is 18.3 Å². The summed E-state index contributed by atoms with van der Waals surface area (Å²) in [7, 11) is 1.57. The molecule has 11 heteroatoms. The summed E-state index contributed by atoms with van der Waals surface area (Å²) in [6.07, 6.45) is -4.16. The van der Waals surface area contributed by atoms with E-state index in [0.717, 1.165) is 18.2 Å². The summed E-state index contributed by atoms with van der Waals surface area (Å²) in [6.45, 7) is 0.938. The lowest BCUT2D eigenvalue weighted by Gasteiger charge is -2.12. The summed E-state index contributed by atoms with van der Waals surface area (Å²) in [5.41, 5.74) is 0.954. The molecule has 0 unspecified atom stereocenters. The van der Waals surface area contributed by atoms with Crippen molar-refractivity contribution in [1.82, 2.24) is 20.2 Å². The largest absolute Gasteiger partial charge is 0.573 e. The van der Waals surface area contributed by atoms with Gasteiger partial charge in [-0.1, -0.05) is 12.1 Å². The lowest BCUT2D eigenvalue weighted by molar-refractivity contribution is -0.274. The number of nitrogens with zero attached hydrogens (tertiary/aromatic N) is 4. The van der Waals surface area contributed by atoms with E-state index in [0.29, 0.717) is 25.1 Å². The number of ether oxygens (including phenoxy) is 2. The fraction of sp³-hybridized carbons (Fsp3) is 0.278. The Bertz CT molecular complexity index is 974. The number of benzene rings is 2. The second-order valence-electron chi connectivity index (χ2n) is 6.03. The molecule has 1 aromatic heterocycles. The van der Waals surface area contributed by atoms with Crippen LogP contribution in [0.25, 0.3) is 22.5 Å². The van der Waals surface area contributed by atoms with Crippen LogP contribution in [0, 0.1) is 0 Å². The summed E-state index contributed by atoms with van der Waals surface area (Å²) in [4.78, 5) is 0. The number of aromatic nitrogens is 4. The van der Waals surface area contributed by atoms with E-state index in [2.05, 4.69) is 20.3 Å².